The molecule has 0 saturated carbocycles. The van der Waals surface area contributed by atoms with E-state index in [0.717, 1.165) is 6.07 Å². The summed E-state index contributed by atoms with van der Waals surface area (Å²) in [6.07, 6.45) is -7.10. The van der Waals surface area contributed by atoms with Gasteiger partial charge in [-0.3, -0.25) is 0 Å². The highest BCUT2D eigenvalue weighted by molar-refractivity contribution is 6.29. The summed E-state index contributed by atoms with van der Waals surface area (Å²) in [7, 11) is 1.66. The van der Waals surface area contributed by atoms with E-state index in [4.69, 9.17) is 11.6 Å². The molecule has 19 heavy (non-hydrogen) atoms. The van der Waals surface area contributed by atoms with Gasteiger partial charge in [0, 0.05) is 0 Å². The topological polar surface area (TPSA) is 65.4 Å². The lowest BCUT2D eigenvalue weighted by Crippen LogP contribution is -2.24. The number of pyridine rings is 1. The van der Waals surface area contributed by atoms with E-state index in [0.29, 0.717) is 12.6 Å². The molecule has 1 rings (SSSR count). The Kier molecular flexibility index (Phi) is 5.54. The van der Waals surface area contributed by atoms with Gasteiger partial charge in [-0.1, -0.05) is 11.6 Å². The number of alkyl halides is 3. The zero-order valence-electron chi connectivity index (χ0n) is 10.1. The molecular weight excluding hydrogens is 285 g/mol. The fourth-order valence-corrected chi connectivity index (χ4v) is 1.72. The van der Waals surface area contributed by atoms with E-state index in [1.165, 1.54) is 0 Å². The average molecular weight is 299 g/mol. The van der Waals surface area contributed by atoms with Crippen molar-refractivity contribution >= 4 is 11.6 Å². The molecule has 1 aromatic rings. The van der Waals surface area contributed by atoms with Crippen molar-refractivity contribution in [3.05, 3.63) is 28.5 Å². The molecule has 0 spiro atoms. The van der Waals surface area contributed by atoms with Crippen molar-refractivity contribution in [2.45, 2.75) is 24.8 Å². The Morgan fingerprint density at radius 2 is 2.00 bits per heavy atom. The molecule has 0 bridgehead atoms. The second-order valence-corrected chi connectivity index (χ2v) is 4.40. The average Bonchev–Trinajstić information content (AvgIpc) is 2.33. The van der Waals surface area contributed by atoms with Gasteiger partial charge in [0.05, 0.1) is 6.10 Å². The van der Waals surface area contributed by atoms with Crippen LogP contribution >= 0.6 is 11.6 Å². The SMILES string of the molecule is CNCCC(O)C(O)c1cc(Cl)nc(C(F)(F)F)c1. The number of hydrogen-bond donors (Lipinski definition) is 3. The first-order valence-electron chi connectivity index (χ1n) is 5.51. The van der Waals surface area contributed by atoms with Crippen molar-refractivity contribution in [2.24, 2.45) is 0 Å². The zero-order chi connectivity index (χ0) is 14.6. The highest BCUT2D eigenvalue weighted by atomic mass is 35.5. The number of halogens is 4. The van der Waals surface area contributed by atoms with Gasteiger partial charge >= 0.3 is 6.18 Å². The first kappa shape index (κ1) is 16.2. The first-order chi connectivity index (χ1) is 8.75. The van der Waals surface area contributed by atoms with Crippen LogP contribution in [-0.4, -0.2) is 34.9 Å². The summed E-state index contributed by atoms with van der Waals surface area (Å²) in [5, 5.41) is 21.8. The third kappa shape index (κ3) is 4.61. The quantitative estimate of drug-likeness (QED) is 0.725. The van der Waals surface area contributed by atoms with Crippen molar-refractivity contribution in [3.8, 4) is 0 Å². The minimum Gasteiger partial charge on any atom is -0.390 e. The Hall–Kier alpha value is -0.890. The summed E-state index contributed by atoms with van der Waals surface area (Å²) in [5.41, 5.74) is -1.31. The van der Waals surface area contributed by atoms with Gasteiger partial charge in [0.2, 0.25) is 0 Å². The third-order valence-electron chi connectivity index (χ3n) is 2.50. The predicted molar refractivity (Wildman–Crippen MR) is 63.8 cm³/mol. The van der Waals surface area contributed by atoms with Gasteiger partial charge in [-0.15, -0.1) is 0 Å². The van der Waals surface area contributed by atoms with Crippen LogP contribution in [-0.2, 0) is 6.18 Å². The number of nitrogens with one attached hydrogen (secondary N) is 1. The van der Waals surface area contributed by atoms with E-state index in [1.54, 1.807) is 7.05 Å². The summed E-state index contributed by atoms with van der Waals surface area (Å²) in [4.78, 5) is 3.14. The fourth-order valence-electron chi connectivity index (χ4n) is 1.50. The Balaban J connectivity index is 2.97. The van der Waals surface area contributed by atoms with Crippen molar-refractivity contribution < 1.29 is 23.4 Å². The van der Waals surface area contributed by atoms with Crippen LogP contribution in [0.1, 0.15) is 23.8 Å². The molecule has 0 aliphatic carbocycles. The molecule has 1 aromatic heterocycles. The maximum atomic E-state index is 12.5. The molecule has 3 N–H and O–H groups in total. The van der Waals surface area contributed by atoms with E-state index in [9.17, 15) is 23.4 Å². The van der Waals surface area contributed by atoms with Crippen LogP contribution in [0.5, 0.6) is 0 Å². The lowest BCUT2D eigenvalue weighted by molar-refractivity contribution is -0.141. The molecule has 0 aromatic carbocycles. The van der Waals surface area contributed by atoms with Crippen molar-refractivity contribution in [2.75, 3.05) is 13.6 Å². The molecule has 0 radical (unpaired) electrons. The summed E-state index contributed by atoms with van der Waals surface area (Å²) >= 11 is 5.49. The first-order valence-corrected chi connectivity index (χ1v) is 5.89. The predicted octanol–water partition coefficient (Wildman–Crippen LogP) is 1.76. The van der Waals surface area contributed by atoms with Crippen molar-refractivity contribution in [1.29, 1.82) is 0 Å². The largest absolute Gasteiger partial charge is 0.433 e. The lowest BCUT2D eigenvalue weighted by Gasteiger charge is -2.19. The molecule has 4 nitrogen and oxygen atoms in total. The molecule has 0 aliphatic rings. The summed E-state index contributed by atoms with van der Waals surface area (Å²) in [6, 6.07) is 1.78. The van der Waals surface area contributed by atoms with Crippen molar-refractivity contribution in [1.82, 2.24) is 10.3 Å². The summed E-state index contributed by atoms with van der Waals surface area (Å²) in [6.45, 7) is 0.420. The number of nitrogens with zero attached hydrogens (tertiary/aromatic N) is 1. The van der Waals surface area contributed by atoms with E-state index in [1.807, 2.05) is 0 Å². The van der Waals surface area contributed by atoms with Gasteiger partial charge in [-0.05, 0) is 37.7 Å². The molecule has 2 unspecified atom stereocenters. The van der Waals surface area contributed by atoms with Crippen LogP contribution in [0.4, 0.5) is 13.2 Å². The van der Waals surface area contributed by atoms with Gasteiger partial charge in [0.1, 0.15) is 17.0 Å². The molecular formula is C11H14ClF3N2O2. The molecule has 8 heteroatoms. The second-order valence-electron chi connectivity index (χ2n) is 4.01. The van der Waals surface area contributed by atoms with Crippen LogP contribution in [0.2, 0.25) is 5.15 Å². The fraction of sp³-hybridized carbons (Fsp3) is 0.545. The van der Waals surface area contributed by atoms with Crippen LogP contribution in [0, 0.1) is 0 Å². The van der Waals surface area contributed by atoms with E-state index < -0.39 is 24.1 Å². The molecule has 108 valence electrons. The standard InChI is InChI=1S/C11H14ClF3N2O2/c1-16-3-2-7(18)10(19)6-4-8(11(13,14)15)17-9(12)5-6/h4-5,7,10,16,18-19H,2-3H2,1H3. The van der Waals surface area contributed by atoms with Crippen molar-refractivity contribution in [3.63, 3.8) is 0 Å². The maximum absolute atomic E-state index is 12.5. The lowest BCUT2D eigenvalue weighted by atomic mass is 10.0. The Morgan fingerprint density at radius 3 is 2.53 bits per heavy atom. The minimum atomic E-state index is -4.66. The Labute approximate surface area is 113 Å². The molecule has 0 aliphatic heterocycles. The van der Waals surface area contributed by atoms with Crippen LogP contribution in [0.25, 0.3) is 0 Å². The Bertz CT molecular complexity index is 429. The van der Waals surface area contributed by atoms with Crippen LogP contribution in [0.15, 0.2) is 12.1 Å². The van der Waals surface area contributed by atoms with E-state index in [2.05, 4.69) is 10.3 Å². The van der Waals surface area contributed by atoms with Gasteiger partial charge in [-0.2, -0.15) is 13.2 Å². The second kappa shape index (κ2) is 6.51. The normalized spacial score (nSPS) is 15.3. The zero-order valence-corrected chi connectivity index (χ0v) is 10.8. The number of aromatic nitrogens is 1. The van der Waals surface area contributed by atoms with Crippen LogP contribution in [0.3, 0.4) is 0 Å². The highest BCUT2D eigenvalue weighted by Gasteiger charge is 2.34. The number of aliphatic hydroxyl groups is 2. The van der Waals surface area contributed by atoms with E-state index in [-0.39, 0.29) is 17.1 Å². The third-order valence-corrected chi connectivity index (χ3v) is 2.70. The maximum Gasteiger partial charge on any atom is 0.433 e. The van der Waals surface area contributed by atoms with Gasteiger partial charge in [0.15, 0.2) is 0 Å². The van der Waals surface area contributed by atoms with Crippen LogP contribution < -0.4 is 5.32 Å². The molecule has 0 amide bonds. The highest BCUT2D eigenvalue weighted by Crippen LogP contribution is 2.31. The molecule has 1 heterocycles. The monoisotopic (exact) mass is 298 g/mol. The minimum absolute atomic E-state index is 0.115. The molecule has 0 saturated heterocycles. The molecule has 0 fully saturated rings. The number of rotatable bonds is 5. The summed E-state index contributed by atoms with van der Waals surface area (Å²) < 4.78 is 37.6. The van der Waals surface area contributed by atoms with Gasteiger partial charge in [0.25, 0.3) is 0 Å². The van der Waals surface area contributed by atoms with Gasteiger partial charge < -0.3 is 15.5 Å². The number of aliphatic hydroxyl groups excluding tert-OH is 2. The smallest absolute Gasteiger partial charge is 0.390 e. The van der Waals surface area contributed by atoms with E-state index >= 15 is 0 Å². The summed E-state index contributed by atoms with van der Waals surface area (Å²) in [5.74, 6) is 0. The molecule has 2 atom stereocenters. The van der Waals surface area contributed by atoms with Gasteiger partial charge in [-0.25, -0.2) is 4.98 Å². The number of hydrogen-bond acceptors (Lipinski definition) is 4. The Morgan fingerprint density at radius 1 is 1.37 bits per heavy atom.